The van der Waals surface area contributed by atoms with Crippen LogP contribution in [0, 0.1) is 0 Å². The number of rotatable bonds is 3. The molecule has 0 saturated carbocycles. The lowest BCUT2D eigenvalue weighted by Gasteiger charge is -2.07. The number of benzene rings is 1. The molecule has 0 amide bonds. The van der Waals surface area contributed by atoms with Crippen LogP contribution in [0.15, 0.2) is 12.1 Å². The van der Waals surface area contributed by atoms with Crippen molar-refractivity contribution in [1.82, 2.24) is 0 Å². The summed E-state index contributed by atoms with van der Waals surface area (Å²) in [5, 5.41) is 0.745. The van der Waals surface area contributed by atoms with Gasteiger partial charge < -0.3 is 10.5 Å². The van der Waals surface area contributed by atoms with E-state index in [0.29, 0.717) is 22.2 Å². The topological polar surface area (TPSA) is 52.3 Å². The van der Waals surface area contributed by atoms with Gasteiger partial charge in [-0.25, -0.2) is 0 Å². The Balaban J connectivity index is 0.00000225. The highest BCUT2D eigenvalue weighted by molar-refractivity contribution is 6.43. The second kappa shape index (κ2) is 6.84. The SMILES string of the molecule is COC(=O)CCc1ccc(Cl)c(Cl)c1N.Cl. The first-order valence-electron chi connectivity index (χ1n) is 4.35. The fourth-order valence-electron chi connectivity index (χ4n) is 1.16. The molecule has 0 saturated heterocycles. The van der Waals surface area contributed by atoms with Gasteiger partial charge in [-0.05, 0) is 18.1 Å². The number of halogens is 3. The molecule has 0 radical (unpaired) electrons. The summed E-state index contributed by atoms with van der Waals surface area (Å²) in [5.74, 6) is -0.277. The number of nitrogen functional groups attached to an aromatic ring is 1. The van der Waals surface area contributed by atoms with Crippen molar-refractivity contribution < 1.29 is 9.53 Å². The van der Waals surface area contributed by atoms with Gasteiger partial charge in [-0.3, -0.25) is 4.79 Å². The molecule has 0 spiro atoms. The Morgan fingerprint density at radius 2 is 2.06 bits per heavy atom. The largest absolute Gasteiger partial charge is 0.469 e. The minimum atomic E-state index is -0.277. The van der Waals surface area contributed by atoms with Crippen LogP contribution >= 0.6 is 35.6 Å². The Bertz CT molecular complexity index is 383. The number of hydrogen-bond acceptors (Lipinski definition) is 3. The van der Waals surface area contributed by atoms with Crippen LogP contribution in [0.5, 0.6) is 0 Å². The Morgan fingerprint density at radius 3 is 2.62 bits per heavy atom. The van der Waals surface area contributed by atoms with Crippen LogP contribution in [0.25, 0.3) is 0 Å². The fraction of sp³-hybridized carbons (Fsp3) is 0.300. The van der Waals surface area contributed by atoms with Crippen LogP contribution in [0.3, 0.4) is 0 Å². The first-order valence-corrected chi connectivity index (χ1v) is 5.11. The molecule has 0 aromatic heterocycles. The van der Waals surface area contributed by atoms with Gasteiger partial charge in [0, 0.05) is 6.42 Å². The van der Waals surface area contributed by atoms with Crippen molar-refractivity contribution >= 4 is 47.3 Å². The standard InChI is InChI=1S/C10H11Cl2NO2.ClH/c1-15-8(14)5-3-6-2-4-7(11)9(12)10(6)13;/h2,4H,3,5,13H2,1H3;1H. The zero-order valence-electron chi connectivity index (χ0n) is 8.63. The number of carbonyl (C=O) groups excluding carboxylic acids is 1. The number of hydrogen-bond donors (Lipinski definition) is 1. The minimum absolute atomic E-state index is 0. The van der Waals surface area contributed by atoms with E-state index >= 15 is 0 Å². The predicted octanol–water partition coefficient (Wildman–Crippen LogP) is 3.10. The molecule has 0 bridgehead atoms. The summed E-state index contributed by atoms with van der Waals surface area (Å²) >= 11 is 11.6. The molecule has 3 nitrogen and oxygen atoms in total. The molecule has 1 aromatic carbocycles. The second-order valence-corrected chi connectivity index (χ2v) is 3.80. The lowest BCUT2D eigenvalue weighted by atomic mass is 10.1. The summed E-state index contributed by atoms with van der Waals surface area (Å²) in [6.07, 6.45) is 0.772. The van der Waals surface area contributed by atoms with E-state index in [1.54, 1.807) is 12.1 Å². The quantitative estimate of drug-likeness (QED) is 0.685. The summed E-state index contributed by atoms with van der Waals surface area (Å²) in [4.78, 5) is 10.9. The summed E-state index contributed by atoms with van der Waals surface area (Å²) < 4.78 is 4.53. The van der Waals surface area contributed by atoms with Gasteiger partial charge in [0.2, 0.25) is 0 Å². The zero-order chi connectivity index (χ0) is 11.4. The van der Waals surface area contributed by atoms with Crippen molar-refractivity contribution in [2.75, 3.05) is 12.8 Å². The van der Waals surface area contributed by atoms with E-state index in [4.69, 9.17) is 28.9 Å². The van der Waals surface area contributed by atoms with Gasteiger partial charge in [0.1, 0.15) is 0 Å². The maximum absolute atomic E-state index is 10.9. The third-order valence-corrected chi connectivity index (χ3v) is 2.87. The van der Waals surface area contributed by atoms with E-state index in [1.165, 1.54) is 7.11 Å². The molecule has 0 aliphatic carbocycles. The average Bonchev–Trinajstić information content (AvgIpc) is 2.24. The Morgan fingerprint density at radius 1 is 1.44 bits per heavy atom. The molecule has 0 aliphatic heterocycles. The Hall–Kier alpha value is -0.640. The van der Waals surface area contributed by atoms with E-state index in [2.05, 4.69) is 4.74 Å². The van der Waals surface area contributed by atoms with Crippen molar-refractivity contribution in [3.05, 3.63) is 27.7 Å². The smallest absolute Gasteiger partial charge is 0.305 e. The van der Waals surface area contributed by atoms with Gasteiger partial charge >= 0.3 is 5.97 Å². The van der Waals surface area contributed by atoms with Crippen molar-refractivity contribution in [1.29, 1.82) is 0 Å². The number of ether oxygens (including phenoxy) is 1. The van der Waals surface area contributed by atoms with Gasteiger partial charge in [-0.1, -0.05) is 29.3 Å². The summed E-state index contributed by atoms with van der Waals surface area (Å²) in [6.45, 7) is 0. The molecular formula is C10H12Cl3NO2. The first-order chi connectivity index (χ1) is 7.06. The van der Waals surface area contributed by atoms with Gasteiger partial charge in [0.05, 0.1) is 22.8 Å². The molecule has 1 aromatic rings. The van der Waals surface area contributed by atoms with Gasteiger partial charge in [-0.2, -0.15) is 0 Å². The molecule has 1 rings (SSSR count). The average molecular weight is 285 g/mol. The fourth-order valence-corrected chi connectivity index (χ4v) is 1.51. The van der Waals surface area contributed by atoms with E-state index in [0.717, 1.165) is 5.56 Å². The van der Waals surface area contributed by atoms with Gasteiger partial charge in [-0.15, -0.1) is 12.4 Å². The van der Waals surface area contributed by atoms with Gasteiger partial charge in [0.15, 0.2) is 0 Å². The molecule has 0 aliphatic rings. The molecule has 0 fully saturated rings. The monoisotopic (exact) mass is 283 g/mol. The van der Waals surface area contributed by atoms with E-state index < -0.39 is 0 Å². The third kappa shape index (κ3) is 3.74. The van der Waals surface area contributed by atoms with Crippen molar-refractivity contribution in [3.63, 3.8) is 0 Å². The maximum Gasteiger partial charge on any atom is 0.305 e. The van der Waals surface area contributed by atoms with Crippen LogP contribution in [0.1, 0.15) is 12.0 Å². The maximum atomic E-state index is 10.9. The highest BCUT2D eigenvalue weighted by atomic mass is 35.5. The molecule has 0 atom stereocenters. The normalized spacial score (nSPS) is 9.44. The third-order valence-electron chi connectivity index (χ3n) is 2.05. The number of anilines is 1. The zero-order valence-corrected chi connectivity index (χ0v) is 11.0. The molecule has 90 valence electrons. The number of aryl methyl sites for hydroxylation is 1. The van der Waals surface area contributed by atoms with E-state index in [-0.39, 0.29) is 24.8 Å². The van der Waals surface area contributed by atoms with Crippen LogP contribution in [-0.4, -0.2) is 13.1 Å². The second-order valence-electron chi connectivity index (χ2n) is 3.01. The van der Waals surface area contributed by atoms with Crippen molar-refractivity contribution in [3.8, 4) is 0 Å². The van der Waals surface area contributed by atoms with Crippen LogP contribution < -0.4 is 5.73 Å². The minimum Gasteiger partial charge on any atom is -0.469 e. The van der Waals surface area contributed by atoms with Crippen LogP contribution in [0.2, 0.25) is 10.0 Å². The summed E-state index contributed by atoms with van der Waals surface area (Å²) in [7, 11) is 1.35. The summed E-state index contributed by atoms with van der Waals surface area (Å²) in [6, 6.07) is 3.42. The molecule has 6 heteroatoms. The lowest BCUT2D eigenvalue weighted by molar-refractivity contribution is -0.140. The number of methoxy groups -OCH3 is 1. The number of nitrogens with two attached hydrogens (primary N) is 1. The molecule has 0 unspecified atom stereocenters. The molecule has 2 N–H and O–H groups in total. The highest BCUT2D eigenvalue weighted by Crippen LogP contribution is 2.31. The van der Waals surface area contributed by atoms with E-state index in [1.807, 2.05) is 0 Å². The number of esters is 1. The number of carbonyl (C=O) groups is 1. The Labute approximate surface area is 110 Å². The van der Waals surface area contributed by atoms with Crippen molar-refractivity contribution in [2.24, 2.45) is 0 Å². The lowest BCUT2D eigenvalue weighted by Crippen LogP contribution is -2.04. The van der Waals surface area contributed by atoms with Crippen LogP contribution in [0.4, 0.5) is 5.69 Å². The van der Waals surface area contributed by atoms with Crippen LogP contribution in [-0.2, 0) is 16.0 Å². The Kier molecular flexibility index (Phi) is 6.56. The van der Waals surface area contributed by atoms with Gasteiger partial charge in [0.25, 0.3) is 0 Å². The summed E-state index contributed by atoms with van der Waals surface area (Å²) in [5.41, 5.74) is 6.97. The van der Waals surface area contributed by atoms with Crippen molar-refractivity contribution in [2.45, 2.75) is 12.8 Å². The molecular weight excluding hydrogens is 272 g/mol. The first kappa shape index (κ1) is 15.4. The van der Waals surface area contributed by atoms with E-state index in [9.17, 15) is 4.79 Å². The highest BCUT2D eigenvalue weighted by Gasteiger charge is 2.09. The molecule has 16 heavy (non-hydrogen) atoms. The predicted molar refractivity (Wildman–Crippen MR) is 68.5 cm³/mol. The molecule has 0 heterocycles.